The van der Waals surface area contributed by atoms with Crippen LogP contribution in [0.25, 0.3) is 11.3 Å². The van der Waals surface area contributed by atoms with E-state index in [1.807, 2.05) is 31.2 Å². The minimum Gasteiger partial charge on any atom is -0.491 e. The fourth-order valence-electron chi connectivity index (χ4n) is 2.70. The van der Waals surface area contributed by atoms with Crippen LogP contribution < -0.4 is 10.1 Å². The summed E-state index contributed by atoms with van der Waals surface area (Å²) in [6.07, 6.45) is 0.791. The number of amides is 1. The van der Waals surface area contributed by atoms with E-state index in [4.69, 9.17) is 9.26 Å². The third kappa shape index (κ3) is 2.84. The highest BCUT2D eigenvalue weighted by atomic mass is 16.5. The van der Waals surface area contributed by atoms with Gasteiger partial charge in [0.25, 0.3) is 11.7 Å². The summed E-state index contributed by atoms with van der Waals surface area (Å²) in [5.74, 6) is 1.19. The molecule has 1 aliphatic rings. The van der Waals surface area contributed by atoms with Gasteiger partial charge in [0, 0.05) is 23.6 Å². The van der Waals surface area contributed by atoms with E-state index in [0.717, 1.165) is 34.8 Å². The Balaban J connectivity index is 1.54. The van der Waals surface area contributed by atoms with E-state index in [1.54, 1.807) is 7.05 Å². The Morgan fingerprint density at radius 1 is 1.40 bits per heavy atom. The van der Waals surface area contributed by atoms with Crippen molar-refractivity contribution in [2.24, 2.45) is 7.05 Å². The van der Waals surface area contributed by atoms with Gasteiger partial charge in [-0.3, -0.25) is 4.79 Å². The van der Waals surface area contributed by atoms with Crippen LogP contribution in [-0.2, 0) is 13.5 Å². The maximum atomic E-state index is 12.2. The maximum absolute atomic E-state index is 12.2. The second-order valence-electron chi connectivity index (χ2n) is 5.72. The van der Waals surface area contributed by atoms with Gasteiger partial charge in [-0.2, -0.15) is 4.80 Å². The largest absolute Gasteiger partial charge is 0.491 e. The number of nitrogens with one attached hydrogen (secondary N) is 1. The van der Waals surface area contributed by atoms with E-state index in [0.29, 0.717) is 6.61 Å². The summed E-state index contributed by atoms with van der Waals surface area (Å²) in [6.45, 7) is 2.36. The number of fused-ring (bicyclic) bond motifs is 1. The molecule has 0 fully saturated rings. The molecule has 1 atom stereocenters. The van der Waals surface area contributed by atoms with Crippen molar-refractivity contribution in [2.45, 2.75) is 19.4 Å². The van der Waals surface area contributed by atoms with Crippen LogP contribution in [-0.4, -0.2) is 37.9 Å². The van der Waals surface area contributed by atoms with Crippen molar-refractivity contribution in [3.63, 3.8) is 0 Å². The maximum Gasteiger partial charge on any atom is 0.293 e. The highest BCUT2D eigenvalue weighted by Gasteiger charge is 2.28. The van der Waals surface area contributed by atoms with Crippen molar-refractivity contribution < 1.29 is 14.1 Å². The van der Waals surface area contributed by atoms with E-state index < -0.39 is 0 Å². The smallest absolute Gasteiger partial charge is 0.293 e. The van der Waals surface area contributed by atoms with Crippen molar-refractivity contribution in [1.29, 1.82) is 0 Å². The minimum absolute atomic E-state index is 0.0299. The highest BCUT2D eigenvalue weighted by molar-refractivity contribution is 5.90. The normalized spacial score (nSPS) is 15.7. The lowest BCUT2D eigenvalue weighted by molar-refractivity contribution is 0.0919. The molecule has 1 amide bonds. The first-order valence-corrected chi connectivity index (χ1v) is 7.91. The zero-order valence-corrected chi connectivity index (χ0v) is 13.8. The van der Waals surface area contributed by atoms with Crippen molar-refractivity contribution in [2.75, 3.05) is 6.61 Å². The number of tetrazole rings is 1. The van der Waals surface area contributed by atoms with Crippen molar-refractivity contribution in [1.82, 2.24) is 30.7 Å². The van der Waals surface area contributed by atoms with Gasteiger partial charge in [0.05, 0.1) is 13.1 Å². The first-order chi connectivity index (χ1) is 12.1. The standard InChI is InChI=1S/C16H16N6O3/c1-3-10-7-12(20-25-10)9-4-5-11-13(8-24-14(11)6-9)17-16(23)15-18-21-22(2)19-15/h4-7,13H,3,8H2,1-2H3,(H,17,23). The summed E-state index contributed by atoms with van der Waals surface area (Å²) < 4.78 is 11.0. The quantitative estimate of drug-likeness (QED) is 0.762. The Labute approximate surface area is 143 Å². The Bertz CT molecular complexity index is 932. The number of benzene rings is 1. The lowest BCUT2D eigenvalue weighted by Gasteiger charge is -2.09. The van der Waals surface area contributed by atoms with Crippen LogP contribution in [0.5, 0.6) is 5.75 Å². The molecule has 9 heteroatoms. The highest BCUT2D eigenvalue weighted by Crippen LogP contribution is 2.35. The third-order valence-corrected chi connectivity index (χ3v) is 4.01. The molecule has 25 heavy (non-hydrogen) atoms. The third-order valence-electron chi connectivity index (χ3n) is 4.01. The fourth-order valence-corrected chi connectivity index (χ4v) is 2.70. The van der Waals surface area contributed by atoms with Crippen LogP contribution in [0.15, 0.2) is 28.8 Å². The van der Waals surface area contributed by atoms with Crippen LogP contribution >= 0.6 is 0 Å². The second-order valence-corrected chi connectivity index (χ2v) is 5.72. The molecule has 0 saturated carbocycles. The molecule has 0 bridgehead atoms. The van der Waals surface area contributed by atoms with Gasteiger partial charge in [0.1, 0.15) is 23.8 Å². The molecule has 3 aromatic rings. The van der Waals surface area contributed by atoms with E-state index in [-0.39, 0.29) is 17.8 Å². The van der Waals surface area contributed by atoms with Gasteiger partial charge >= 0.3 is 0 Å². The lowest BCUT2D eigenvalue weighted by atomic mass is 10.0. The number of aromatic nitrogens is 5. The van der Waals surface area contributed by atoms with Crippen LogP contribution in [0.3, 0.4) is 0 Å². The van der Waals surface area contributed by atoms with Crippen LogP contribution in [0.4, 0.5) is 0 Å². The molecule has 1 N–H and O–H groups in total. The summed E-state index contributed by atoms with van der Waals surface area (Å²) in [5.41, 5.74) is 2.57. The van der Waals surface area contributed by atoms with Gasteiger partial charge in [-0.1, -0.05) is 24.2 Å². The summed E-state index contributed by atoms with van der Waals surface area (Å²) in [5, 5.41) is 18.2. The summed E-state index contributed by atoms with van der Waals surface area (Å²) in [4.78, 5) is 13.4. The number of ether oxygens (including phenoxy) is 1. The lowest BCUT2D eigenvalue weighted by Crippen LogP contribution is -2.30. The Morgan fingerprint density at radius 2 is 2.28 bits per heavy atom. The Kier molecular flexibility index (Phi) is 3.68. The van der Waals surface area contributed by atoms with Gasteiger partial charge in [-0.15, -0.1) is 10.2 Å². The van der Waals surface area contributed by atoms with Crippen molar-refractivity contribution in [3.05, 3.63) is 41.4 Å². The molecule has 2 aromatic heterocycles. The first kappa shape index (κ1) is 15.3. The van der Waals surface area contributed by atoms with E-state index in [1.165, 1.54) is 4.80 Å². The number of hydrogen-bond acceptors (Lipinski definition) is 7. The summed E-state index contributed by atoms with van der Waals surface area (Å²) in [7, 11) is 1.60. The van der Waals surface area contributed by atoms with Gasteiger partial charge in [-0.05, 0) is 11.3 Å². The number of nitrogens with zero attached hydrogens (tertiary/aromatic N) is 5. The number of carbonyl (C=O) groups is 1. The molecule has 1 aliphatic heterocycles. The van der Waals surface area contributed by atoms with E-state index in [9.17, 15) is 4.79 Å². The summed E-state index contributed by atoms with van der Waals surface area (Å²) in [6, 6.07) is 7.41. The second kappa shape index (κ2) is 6.00. The molecule has 1 unspecified atom stereocenters. The fraction of sp³-hybridized carbons (Fsp3) is 0.312. The SMILES string of the molecule is CCc1cc(-c2ccc3c(c2)OCC3NC(=O)c2nnn(C)n2)no1. The first-order valence-electron chi connectivity index (χ1n) is 7.91. The molecule has 0 radical (unpaired) electrons. The molecule has 1 aromatic carbocycles. The summed E-state index contributed by atoms with van der Waals surface area (Å²) >= 11 is 0. The van der Waals surface area contributed by atoms with E-state index in [2.05, 4.69) is 25.9 Å². The molecule has 128 valence electrons. The van der Waals surface area contributed by atoms with Gasteiger partial charge in [-0.25, -0.2) is 0 Å². The molecule has 4 rings (SSSR count). The Hall–Kier alpha value is -3.23. The van der Waals surface area contributed by atoms with Gasteiger partial charge in [0.2, 0.25) is 0 Å². The van der Waals surface area contributed by atoms with E-state index >= 15 is 0 Å². The zero-order chi connectivity index (χ0) is 17.4. The molecule has 0 spiro atoms. The number of carbonyl (C=O) groups excluding carboxylic acids is 1. The molecule has 3 heterocycles. The van der Waals surface area contributed by atoms with Crippen LogP contribution in [0, 0.1) is 0 Å². The predicted molar refractivity (Wildman–Crippen MR) is 85.8 cm³/mol. The minimum atomic E-state index is -0.386. The van der Waals surface area contributed by atoms with Gasteiger partial charge in [0.15, 0.2) is 0 Å². The average Bonchev–Trinajstić information content (AvgIpc) is 3.34. The Morgan fingerprint density at radius 3 is 3.00 bits per heavy atom. The van der Waals surface area contributed by atoms with Crippen LogP contribution in [0.1, 0.15) is 34.9 Å². The molecular formula is C16H16N6O3. The number of hydrogen-bond donors (Lipinski definition) is 1. The molecule has 0 aliphatic carbocycles. The molecular weight excluding hydrogens is 324 g/mol. The molecule has 0 saturated heterocycles. The number of rotatable bonds is 4. The van der Waals surface area contributed by atoms with Crippen molar-refractivity contribution >= 4 is 5.91 Å². The predicted octanol–water partition coefficient (Wildman–Crippen LogP) is 1.29. The molecule has 9 nitrogen and oxygen atoms in total. The number of aryl methyl sites for hydroxylation is 2. The van der Waals surface area contributed by atoms with Gasteiger partial charge < -0.3 is 14.6 Å². The zero-order valence-electron chi connectivity index (χ0n) is 13.8. The van der Waals surface area contributed by atoms with Crippen LogP contribution in [0.2, 0.25) is 0 Å². The average molecular weight is 340 g/mol. The van der Waals surface area contributed by atoms with Crippen molar-refractivity contribution in [3.8, 4) is 17.0 Å². The monoisotopic (exact) mass is 340 g/mol. The topological polar surface area (TPSA) is 108 Å².